The van der Waals surface area contributed by atoms with Gasteiger partial charge in [-0.3, -0.25) is 4.79 Å². The summed E-state index contributed by atoms with van der Waals surface area (Å²) in [6, 6.07) is 14.2. The minimum Gasteiger partial charge on any atom is -0.361 e. The van der Waals surface area contributed by atoms with E-state index in [2.05, 4.69) is 30.2 Å². The number of carbonyl (C=O) groups excluding carboxylic acids is 1. The van der Waals surface area contributed by atoms with Crippen molar-refractivity contribution >= 4 is 16.8 Å². The largest absolute Gasteiger partial charge is 0.361 e. The summed E-state index contributed by atoms with van der Waals surface area (Å²) in [6.07, 6.45) is 2.26. The van der Waals surface area contributed by atoms with Crippen LogP contribution in [0.2, 0.25) is 0 Å². The summed E-state index contributed by atoms with van der Waals surface area (Å²) in [7, 11) is 0. The van der Waals surface area contributed by atoms with Crippen LogP contribution in [0, 0.1) is 5.82 Å². The lowest BCUT2D eigenvalue weighted by atomic mass is 9.84. The second kappa shape index (κ2) is 6.48. The van der Waals surface area contributed by atoms with Crippen LogP contribution < -0.4 is 5.32 Å². The fourth-order valence-electron chi connectivity index (χ4n) is 2.90. The number of fused-ring (bicyclic) bond motifs is 1. The van der Waals surface area contributed by atoms with Crippen LogP contribution in [0.25, 0.3) is 10.9 Å². The Morgan fingerprint density at radius 2 is 1.83 bits per heavy atom. The highest BCUT2D eigenvalue weighted by Crippen LogP contribution is 2.29. The molecule has 3 nitrogen and oxygen atoms in total. The van der Waals surface area contributed by atoms with Gasteiger partial charge in [0.1, 0.15) is 5.82 Å². The number of hydrogen-bond acceptors (Lipinski definition) is 1. The lowest BCUT2D eigenvalue weighted by molar-refractivity contribution is -0.120. The van der Waals surface area contributed by atoms with Gasteiger partial charge in [-0.2, -0.15) is 0 Å². The zero-order valence-corrected chi connectivity index (χ0v) is 13.9. The third-order valence-electron chi connectivity index (χ3n) is 4.32. The Labute approximate surface area is 140 Å². The van der Waals surface area contributed by atoms with Crippen molar-refractivity contribution in [1.29, 1.82) is 0 Å². The van der Waals surface area contributed by atoms with Crippen LogP contribution in [0.4, 0.5) is 4.39 Å². The fraction of sp³-hybridized carbons (Fsp3) is 0.250. The molecule has 3 rings (SSSR count). The van der Waals surface area contributed by atoms with Gasteiger partial charge < -0.3 is 10.3 Å². The third-order valence-corrected chi connectivity index (χ3v) is 4.32. The zero-order valence-electron chi connectivity index (χ0n) is 13.9. The van der Waals surface area contributed by atoms with Gasteiger partial charge in [-0.15, -0.1) is 0 Å². The van der Waals surface area contributed by atoms with E-state index in [0.29, 0.717) is 6.54 Å². The Hall–Kier alpha value is -2.62. The molecule has 1 aromatic heterocycles. The number of para-hydroxylation sites is 1. The third kappa shape index (κ3) is 3.48. The van der Waals surface area contributed by atoms with Crippen molar-refractivity contribution in [1.82, 2.24) is 10.3 Å². The SMILES string of the molecule is CC(C)(CNC(=O)Cc1ccc(F)cc1)c1c[nH]c2ccccc12. The van der Waals surface area contributed by atoms with Gasteiger partial charge in [-0.1, -0.05) is 44.2 Å². The predicted molar refractivity (Wildman–Crippen MR) is 94.4 cm³/mol. The van der Waals surface area contributed by atoms with Crippen LogP contribution in [-0.4, -0.2) is 17.4 Å². The first kappa shape index (κ1) is 16.2. The van der Waals surface area contributed by atoms with Gasteiger partial charge in [-0.05, 0) is 29.3 Å². The number of halogens is 1. The van der Waals surface area contributed by atoms with E-state index in [-0.39, 0.29) is 23.6 Å². The van der Waals surface area contributed by atoms with Gasteiger partial charge in [0.05, 0.1) is 6.42 Å². The van der Waals surface area contributed by atoms with E-state index in [0.717, 1.165) is 11.1 Å². The average Bonchev–Trinajstić information content (AvgIpc) is 3.00. The molecule has 0 aliphatic rings. The first-order valence-corrected chi connectivity index (χ1v) is 8.03. The van der Waals surface area contributed by atoms with E-state index in [9.17, 15) is 9.18 Å². The number of nitrogens with one attached hydrogen (secondary N) is 2. The van der Waals surface area contributed by atoms with Gasteiger partial charge in [0, 0.05) is 29.1 Å². The lowest BCUT2D eigenvalue weighted by Crippen LogP contribution is -2.37. The van der Waals surface area contributed by atoms with Crippen molar-refractivity contribution < 1.29 is 9.18 Å². The van der Waals surface area contributed by atoms with Crippen molar-refractivity contribution in [3.63, 3.8) is 0 Å². The van der Waals surface area contributed by atoms with Crippen LogP contribution in [0.5, 0.6) is 0 Å². The second-order valence-corrected chi connectivity index (χ2v) is 6.71. The van der Waals surface area contributed by atoms with E-state index in [1.165, 1.54) is 23.1 Å². The van der Waals surface area contributed by atoms with Gasteiger partial charge >= 0.3 is 0 Å². The summed E-state index contributed by atoms with van der Waals surface area (Å²) in [6.45, 7) is 4.76. The number of aromatic nitrogens is 1. The summed E-state index contributed by atoms with van der Waals surface area (Å²) in [5, 5.41) is 4.17. The van der Waals surface area contributed by atoms with E-state index in [1.54, 1.807) is 12.1 Å². The maximum absolute atomic E-state index is 12.9. The molecule has 0 spiro atoms. The Kier molecular flexibility index (Phi) is 4.38. The van der Waals surface area contributed by atoms with Crippen LogP contribution in [-0.2, 0) is 16.6 Å². The molecule has 0 atom stereocenters. The summed E-state index contributed by atoms with van der Waals surface area (Å²) < 4.78 is 12.9. The molecule has 124 valence electrons. The summed E-state index contributed by atoms with van der Waals surface area (Å²) in [5.41, 5.74) is 2.88. The van der Waals surface area contributed by atoms with Crippen molar-refractivity contribution in [2.75, 3.05) is 6.54 Å². The topological polar surface area (TPSA) is 44.9 Å². The van der Waals surface area contributed by atoms with Gasteiger partial charge in [0.15, 0.2) is 0 Å². The van der Waals surface area contributed by atoms with E-state index < -0.39 is 0 Å². The van der Waals surface area contributed by atoms with Crippen molar-refractivity contribution in [3.05, 3.63) is 71.7 Å². The smallest absolute Gasteiger partial charge is 0.224 e. The second-order valence-electron chi connectivity index (χ2n) is 6.71. The number of rotatable bonds is 5. The van der Waals surface area contributed by atoms with E-state index in [1.807, 2.05) is 24.4 Å². The molecule has 2 N–H and O–H groups in total. The molecule has 0 radical (unpaired) electrons. The highest BCUT2D eigenvalue weighted by molar-refractivity contribution is 5.84. The molecule has 0 aliphatic carbocycles. The first-order valence-electron chi connectivity index (χ1n) is 8.03. The fourth-order valence-corrected chi connectivity index (χ4v) is 2.90. The summed E-state index contributed by atoms with van der Waals surface area (Å²) >= 11 is 0. The van der Waals surface area contributed by atoms with Crippen molar-refractivity contribution in [2.45, 2.75) is 25.7 Å². The molecule has 0 fully saturated rings. The minimum atomic E-state index is -0.292. The van der Waals surface area contributed by atoms with Gasteiger partial charge in [-0.25, -0.2) is 4.39 Å². The Morgan fingerprint density at radius 3 is 2.58 bits per heavy atom. The van der Waals surface area contributed by atoms with Crippen LogP contribution in [0.15, 0.2) is 54.7 Å². The molecule has 2 aromatic carbocycles. The van der Waals surface area contributed by atoms with Crippen LogP contribution in [0.3, 0.4) is 0 Å². The average molecular weight is 324 g/mol. The maximum Gasteiger partial charge on any atom is 0.224 e. The number of carbonyl (C=O) groups is 1. The predicted octanol–water partition coefficient (Wildman–Crippen LogP) is 3.94. The molecule has 3 aromatic rings. The van der Waals surface area contributed by atoms with Gasteiger partial charge in [0.2, 0.25) is 5.91 Å². The number of aromatic amines is 1. The Balaban J connectivity index is 1.66. The van der Waals surface area contributed by atoms with Gasteiger partial charge in [0.25, 0.3) is 0 Å². The summed E-state index contributed by atoms with van der Waals surface area (Å²) in [4.78, 5) is 15.4. The highest BCUT2D eigenvalue weighted by atomic mass is 19.1. The highest BCUT2D eigenvalue weighted by Gasteiger charge is 2.24. The lowest BCUT2D eigenvalue weighted by Gasteiger charge is -2.25. The standard InChI is InChI=1S/C20H21FN2O/c1-20(2,17-12-22-18-6-4-3-5-16(17)18)13-23-19(24)11-14-7-9-15(21)10-8-14/h3-10,12,22H,11,13H2,1-2H3,(H,23,24). The minimum absolute atomic E-state index is 0.0606. The number of H-pyrrole nitrogens is 1. The van der Waals surface area contributed by atoms with Crippen molar-refractivity contribution in [2.24, 2.45) is 0 Å². The molecule has 4 heteroatoms. The quantitative estimate of drug-likeness (QED) is 0.733. The molecule has 1 heterocycles. The van der Waals surface area contributed by atoms with E-state index in [4.69, 9.17) is 0 Å². The molecule has 0 bridgehead atoms. The molecule has 24 heavy (non-hydrogen) atoms. The molecule has 0 unspecified atom stereocenters. The Morgan fingerprint density at radius 1 is 1.12 bits per heavy atom. The molecule has 0 saturated heterocycles. The monoisotopic (exact) mass is 324 g/mol. The van der Waals surface area contributed by atoms with Crippen molar-refractivity contribution in [3.8, 4) is 0 Å². The number of benzene rings is 2. The maximum atomic E-state index is 12.9. The molecule has 1 amide bonds. The summed E-state index contributed by atoms with van der Waals surface area (Å²) in [5.74, 6) is -0.353. The first-order chi connectivity index (χ1) is 11.5. The molecule has 0 aliphatic heterocycles. The number of hydrogen-bond donors (Lipinski definition) is 2. The van der Waals surface area contributed by atoms with Crippen LogP contribution >= 0.6 is 0 Å². The zero-order chi connectivity index (χ0) is 17.2. The van der Waals surface area contributed by atoms with E-state index >= 15 is 0 Å². The number of amides is 1. The van der Waals surface area contributed by atoms with Crippen LogP contribution in [0.1, 0.15) is 25.0 Å². The Bertz CT molecular complexity index is 849. The molecule has 0 saturated carbocycles. The molecular formula is C20H21FN2O. The normalized spacial score (nSPS) is 11.6. The molecular weight excluding hydrogens is 303 g/mol.